The van der Waals surface area contributed by atoms with E-state index in [9.17, 15) is 9.59 Å². The summed E-state index contributed by atoms with van der Waals surface area (Å²) in [5.74, 6) is -2.03. The lowest BCUT2D eigenvalue weighted by Gasteiger charge is -2.19. The lowest BCUT2D eigenvalue weighted by atomic mass is 10.2. The minimum Gasteiger partial charge on any atom is -0.480 e. The Morgan fingerprint density at radius 3 is 2.89 bits per heavy atom. The van der Waals surface area contributed by atoms with Crippen molar-refractivity contribution in [2.24, 2.45) is 5.73 Å². The molecule has 2 aromatic rings. The number of rotatable bonds is 3. The first kappa shape index (κ1) is 12.1. The average Bonchev–Trinajstić information content (AvgIpc) is 2.82. The summed E-state index contributed by atoms with van der Waals surface area (Å²) in [5, 5.41) is 8.70. The summed E-state index contributed by atoms with van der Waals surface area (Å²) in [4.78, 5) is 30.6. The number of aromatic amines is 1. The highest BCUT2D eigenvalue weighted by molar-refractivity contribution is 6.09. The van der Waals surface area contributed by atoms with Crippen LogP contribution < -0.4 is 10.6 Å². The number of imidazole rings is 1. The van der Waals surface area contributed by atoms with Crippen molar-refractivity contribution < 1.29 is 14.7 Å². The van der Waals surface area contributed by atoms with Gasteiger partial charge in [0.1, 0.15) is 0 Å². The zero-order chi connectivity index (χ0) is 13.3. The maximum Gasteiger partial charge on any atom is 0.330 e. The predicted octanol–water partition coefficient (Wildman–Crippen LogP) is -0.0624. The van der Waals surface area contributed by atoms with Crippen molar-refractivity contribution in [3.8, 4) is 0 Å². The first-order valence-electron chi connectivity index (χ1n) is 5.20. The Bertz CT molecular complexity index is 607. The van der Waals surface area contributed by atoms with E-state index < -0.39 is 17.9 Å². The third-order valence-corrected chi connectivity index (χ3v) is 2.65. The SMILES string of the molecule is CN(C(=O)C(N)C(=O)O)c1ccc2nc[nH]c2c1. The van der Waals surface area contributed by atoms with Crippen molar-refractivity contribution >= 4 is 28.6 Å². The highest BCUT2D eigenvalue weighted by atomic mass is 16.4. The lowest BCUT2D eigenvalue weighted by molar-refractivity contribution is -0.142. The van der Waals surface area contributed by atoms with Crippen LogP contribution in [0.25, 0.3) is 11.0 Å². The zero-order valence-electron chi connectivity index (χ0n) is 9.62. The van der Waals surface area contributed by atoms with Gasteiger partial charge in [0, 0.05) is 12.7 Å². The molecule has 0 aliphatic heterocycles. The van der Waals surface area contributed by atoms with Gasteiger partial charge in [0.2, 0.25) is 0 Å². The molecule has 0 aliphatic carbocycles. The minimum atomic E-state index is -1.56. The van der Waals surface area contributed by atoms with Crippen LogP contribution in [0.15, 0.2) is 24.5 Å². The third kappa shape index (κ3) is 2.03. The van der Waals surface area contributed by atoms with Gasteiger partial charge in [-0.15, -0.1) is 0 Å². The van der Waals surface area contributed by atoms with E-state index in [0.29, 0.717) is 5.69 Å². The van der Waals surface area contributed by atoms with Crippen LogP contribution in [0.1, 0.15) is 0 Å². The fourth-order valence-corrected chi connectivity index (χ4v) is 1.57. The van der Waals surface area contributed by atoms with Crippen LogP contribution in [-0.2, 0) is 9.59 Å². The molecule has 0 bridgehead atoms. The zero-order valence-corrected chi connectivity index (χ0v) is 9.62. The van der Waals surface area contributed by atoms with E-state index in [4.69, 9.17) is 10.8 Å². The van der Waals surface area contributed by atoms with Crippen LogP contribution in [0.2, 0.25) is 0 Å². The van der Waals surface area contributed by atoms with Gasteiger partial charge in [-0.05, 0) is 18.2 Å². The number of nitrogens with two attached hydrogens (primary N) is 1. The van der Waals surface area contributed by atoms with Crippen molar-refractivity contribution in [1.82, 2.24) is 9.97 Å². The standard InChI is InChI=1S/C11H12N4O3/c1-15(10(16)9(12)11(17)18)6-2-3-7-8(4-6)14-5-13-7/h2-5,9H,12H2,1H3,(H,13,14)(H,17,18). The number of aliphatic carboxylic acids is 1. The number of fused-ring (bicyclic) bond motifs is 1. The molecule has 7 nitrogen and oxygen atoms in total. The number of carbonyl (C=O) groups excluding carboxylic acids is 1. The van der Waals surface area contributed by atoms with E-state index in [1.807, 2.05) is 0 Å². The topological polar surface area (TPSA) is 112 Å². The summed E-state index contributed by atoms with van der Waals surface area (Å²) in [6.07, 6.45) is 1.54. The van der Waals surface area contributed by atoms with Gasteiger partial charge in [-0.2, -0.15) is 0 Å². The van der Waals surface area contributed by atoms with Crippen molar-refractivity contribution in [1.29, 1.82) is 0 Å². The molecule has 18 heavy (non-hydrogen) atoms. The molecule has 1 aromatic carbocycles. The van der Waals surface area contributed by atoms with Gasteiger partial charge in [0.25, 0.3) is 5.91 Å². The van der Waals surface area contributed by atoms with E-state index in [1.54, 1.807) is 24.5 Å². The fraction of sp³-hybridized carbons (Fsp3) is 0.182. The molecular weight excluding hydrogens is 236 g/mol. The van der Waals surface area contributed by atoms with Gasteiger partial charge in [-0.1, -0.05) is 0 Å². The van der Waals surface area contributed by atoms with Crippen molar-refractivity contribution in [3.05, 3.63) is 24.5 Å². The number of H-pyrrole nitrogens is 1. The number of nitrogens with one attached hydrogen (secondary N) is 1. The molecule has 1 unspecified atom stereocenters. The molecule has 1 amide bonds. The highest BCUT2D eigenvalue weighted by Crippen LogP contribution is 2.19. The molecule has 0 spiro atoms. The van der Waals surface area contributed by atoms with Gasteiger partial charge in [0.05, 0.1) is 17.4 Å². The number of anilines is 1. The minimum absolute atomic E-state index is 0.549. The van der Waals surface area contributed by atoms with Crippen molar-refractivity contribution in [2.75, 3.05) is 11.9 Å². The Hall–Kier alpha value is -2.41. The first-order chi connectivity index (χ1) is 8.50. The number of likely N-dealkylation sites (N-methyl/N-ethyl adjacent to an activating group) is 1. The molecule has 94 valence electrons. The third-order valence-electron chi connectivity index (χ3n) is 2.65. The number of hydrogen-bond donors (Lipinski definition) is 3. The molecule has 7 heteroatoms. The van der Waals surface area contributed by atoms with Crippen LogP contribution in [0.4, 0.5) is 5.69 Å². The smallest absolute Gasteiger partial charge is 0.330 e. The molecule has 1 heterocycles. The maximum atomic E-state index is 11.8. The molecule has 1 atom stereocenters. The number of aromatic nitrogens is 2. The van der Waals surface area contributed by atoms with E-state index in [2.05, 4.69) is 9.97 Å². The molecule has 0 saturated carbocycles. The lowest BCUT2D eigenvalue weighted by Crippen LogP contribution is -2.46. The van der Waals surface area contributed by atoms with E-state index in [0.717, 1.165) is 11.0 Å². The Labute approximate surface area is 102 Å². The Kier molecular flexibility index (Phi) is 2.99. The molecule has 0 saturated heterocycles. The molecule has 0 fully saturated rings. The molecule has 1 aromatic heterocycles. The summed E-state index contributed by atoms with van der Waals surface area (Å²) in [7, 11) is 1.47. The van der Waals surface area contributed by atoms with Crippen molar-refractivity contribution in [3.63, 3.8) is 0 Å². The number of benzene rings is 1. The largest absolute Gasteiger partial charge is 0.480 e. The van der Waals surface area contributed by atoms with E-state index >= 15 is 0 Å². The van der Waals surface area contributed by atoms with Crippen LogP contribution in [-0.4, -0.2) is 40.0 Å². The summed E-state index contributed by atoms with van der Waals surface area (Å²) in [5.41, 5.74) is 7.36. The van der Waals surface area contributed by atoms with Crippen LogP contribution >= 0.6 is 0 Å². The summed E-state index contributed by atoms with van der Waals surface area (Å²) in [6.45, 7) is 0. The molecule has 4 N–H and O–H groups in total. The molecule has 0 aliphatic rings. The number of carboxylic acids is 1. The first-order valence-corrected chi connectivity index (χ1v) is 5.20. The van der Waals surface area contributed by atoms with Crippen molar-refractivity contribution in [2.45, 2.75) is 6.04 Å². The summed E-state index contributed by atoms with van der Waals surface area (Å²) in [6, 6.07) is 3.55. The number of amides is 1. The van der Waals surface area contributed by atoms with Gasteiger partial charge in [-0.3, -0.25) is 4.79 Å². The second kappa shape index (κ2) is 4.46. The predicted molar refractivity (Wildman–Crippen MR) is 65.1 cm³/mol. The van der Waals surface area contributed by atoms with Crippen LogP contribution in [0.3, 0.4) is 0 Å². The van der Waals surface area contributed by atoms with Crippen LogP contribution in [0.5, 0.6) is 0 Å². The van der Waals surface area contributed by atoms with E-state index in [-0.39, 0.29) is 0 Å². The second-order valence-electron chi connectivity index (χ2n) is 3.82. The van der Waals surface area contributed by atoms with Gasteiger partial charge in [0.15, 0.2) is 6.04 Å². The van der Waals surface area contributed by atoms with E-state index in [1.165, 1.54) is 11.9 Å². The summed E-state index contributed by atoms with van der Waals surface area (Å²) < 4.78 is 0. The number of hydrogen-bond acceptors (Lipinski definition) is 4. The maximum absolute atomic E-state index is 11.8. The van der Waals surface area contributed by atoms with Crippen LogP contribution in [0, 0.1) is 0 Å². The van der Waals surface area contributed by atoms with Gasteiger partial charge < -0.3 is 20.7 Å². The van der Waals surface area contributed by atoms with Gasteiger partial charge >= 0.3 is 5.97 Å². The summed E-state index contributed by atoms with van der Waals surface area (Å²) >= 11 is 0. The Morgan fingerprint density at radius 2 is 2.22 bits per heavy atom. The molecule has 2 rings (SSSR count). The average molecular weight is 248 g/mol. The molecule has 0 radical (unpaired) electrons. The fourth-order valence-electron chi connectivity index (χ4n) is 1.57. The Morgan fingerprint density at radius 1 is 1.50 bits per heavy atom. The quantitative estimate of drug-likeness (QED) is 0.658. The number of carbonyl (C=O) groups is 2. The molecular formula is C11H12N4O3. The Balaban J connectivity index is 2.29. The second-order valence-corrected chi connectivity index (χ2v) is 3.82. The number of nitrogens with zero attached hydrogens (tertiary/aromatic N) is 2. The van der Waals surface area contributed by atoms with Gasteiger partial charge in [-0.25, -0.2) is 9.78 Å². The monoisotopic (exact) mass is 248 g/mol. The highest BCUT2D eigenvalue weighted by Gasteiger charge is 2.25. The number of carboxylic acid groups (broad SMARTS) is 1. The normalized spacial score (nSPS) is 12.3.